The SMILES string of the molecule is CCC(C(=O)O)N(C)C(=O)NCCCCCCSC. The molecule has 6 heteroatoms. The van der Waals surface area contributed by atoms with Crippen LogP contribution < -0.4 is 5.32 Å². The van der Waals surface area contributed by atoms with Crippen molar-refractivity contribution in [2.24, 2.45) is 0 Å². The summed E-state index contributed by atoms with van der Waals surface area (Å²) in [6, 6.07) is -1.06. The molecule has 5 nitrogen and oxygen atoms in total. The van der Waals surface area contributed by atoms with Crippen LogP contribution in [0.5, 0.6) is 0 Å². The van der Waals surface area contributed by atoms with E-state index >= 15 is 0 Å². The van der Waals surface area contributed by atoms with Gasteiger partial charge in [0.1, 0.15) is 6.04 Å². The average molecular weight is 290 g/mol. The number of aliphatic carboxylic acids is 1. The van der Waals surface area contributed by atoms with E-state index in [0.29, 0.717) is 13.0 Å². The van der Waals surface area contributed by atoms with Crippen LogP contribution in [-0.4, -0.2) is 53.6 Å². The number of thioether (sulfide) groups is 1. The molecule has 19 heavy (non-hydrogen) atoms. The fourth-order valence-corrected chi connectivity index (χ4v) is 2.29. The maximum atomic E-state index is 11.7. The Morgan fingerprint density at radius 3 is 2.42 bits per heavy atom. The number of amides is 2. The highest BCUT2D eigenvalue weighted by molar-refractivity contribution is 7.98. The van der Waals surface area contributed by atoms with Gasteiger partial charge >= 0.3 is 12.0 Å². The molecule has 0 spiro atoms. The maximum absolute atomic E-state index is 11.7. The molecule has 0 saturated carbocycles. The van der Waals surface area contributed by atoms with E-state index in [2.05, 4.69) is 11.6 Å². The van der Waals surface area contributed by atoms with E-state index in [9.17, 15) is 9.59 Å². The topological polar surface area (TPSA) is 69.6 Å². The number of carbonyl (C=O) groups excluding carboxylic acids is 1. The number of urea groups is 1. The molecular weight excluding hydrogens is 264 g/mol. The van der Waals surface area contributed by atoms with E-state index in [-0.39, 0.29) is 6.03 Å². The van der Waals surface area contributed by atoms with Crippen molar-refractivity contribution in [2.45, 2.75) is 45.1 Å². The highest BCUT2D eigenvalue weighted by Crippen LogP contribution is 2.05. The number of carbonyl (C=O) groups is 2. The second kappa shape index (κ2) is 11.0. The standard InChI is InChI=1S/C13H26N2O3S/c1-4-11(12(16)17)15(2)13(18)14-9-7-5-6-8-10-19-3/h11H,4-10H2,1-3H3,(H,14,18)(H,16,17). The molecule has 0 aromatic carbocycles. The van der Waals surface area contributed by atoms with E-state index in [0.717, 1.165) is 12.8 Å². The predicted octanol–water partition coefficient (Wildman–Crippen LogP) is 2.41. The molecule has 0 aromatic rings. The average Bonchev–Trinajstić information content (AvgIpc) is 2.37. The van der Waals surface area contributed by atoms with E-state index in [4.69, 9.17) is 5.11 Å². The van der Waals surface area contributed by atoms with Gasteiger partial charge in [-0.15, -0.1) is 0 Å². The summed E-state index contributed by atoms with van der Waals surface area (Å²) in [5, 5.41) is 11.7. The van der Waals surface area contributed by atoms with Crippen molar-refractivity contribution in [1.82, 2.24) is 10.2 Å². The van der Waals surface area contributed by atoms with Crippen molar-refractivity contribution in [2.75, 3.05) is 25.6 Å². The number of nitrogens with one attached hydrogen (secondary N) is 1. The molecule has 0 rings (SSSR count). The summed E-state index contributed by atoms with van der Waals surface area (Å²) in [5.74, 6) is 0.225. The van der Waals surface area contributed by atoms with Crippen molar-refractivity contribution >= 4 is 23.8 Å². The number of hydrogen-bond acceptors (Lipinski definition) is 3. The summed E-state index contributed by atoms with van der Waals surface area (Å²) in [6.45, 7) is 2.37. The predicted molar refractivity (Wildman–Crippen MR) is 79.7 cm³/mol. The van der Waals surface area contributed by atoms with Crippen LogP contribution in [0.2, 0.25) is 0 Å². The van der Waals surface area contributed by atoms with Crippen LogP contribution in [0.25, 0.3) is 0 Å². The third kappa shape index (κ3) is 7.97. The molecule has 1 atom stereocenters. The van der Waals surface area contributed by atoms with Gasteiger partial charge < -0.3 is 15.3 Å². The van der Waals surface area contributed by atoms with Gasteiger partial charge in [-0.1, -0.05) is 19.8 Å². The number of nitrogens with zero attached hydrogens (tertiary/aromatic N) is 1. The number of carboxylic acid groups (broad SMARTS) is 1. The first-order valence-electron chi connectivity index (χ1n) is 6.77. The lowest BCUT2D eigenvalue weighted by molar-refractivity contribution is -0.141. The summed E-state index contributed by atoms with van der Waals surface area (Å²) in [7, 11) is 1.52. The minimum absolute atomic E-state index is 0.307. The molecule has 0 saturated heterocycles. The van der Waals surface area contributed by atoms with Crippen LogP contribution in [0.15, 0.2) is 0 Å². The largest absolute Gasteiger partial charge is 0.480 e. The smallest absolute Gasteiger partial charge is 0.326 e. The van der Waals surface area contributed by atoms with Gasteiger partial charge in [0, 0.05) is 13.6 Å². The van der Waals surface area contributed by atoms with E-state index in [1.165, 1.54) is 30.5 Å². The normalized spacial score (nSPS) is 11.9. The summed E-state index contributed by atoms with van der Waals surface area (Å²) in [6.07, 6.45) is 6.94. The molecular formula is C13H26N2O3S. The van der Waals surface area contributed by atoms with E-state index in [1.54, 1.807) is 6.92 Å². The Kier molecular flexibility index (Phi) is 10.4. The summed E-state index contributed by atoms with van der Waals surface area (Å²) < 4.78 is 0. The Hall–Kier alpha value is -0.910. The minimum atomic E-state index is -0.961. The van der Waals surface area contributed by atoms with E-state index < -0.39 is 12.0 Å². The van der Waals surface area contributed by atoms with Crippen LogP contribution >= 0.6 is 11.8 Å². The maximum Gasteiger partial charge on any atom is 0.326 e. The lowest BCUT2D eigenvalue weighted by atomic mass is 10.2. The summed E-state index contributed by atoms with van der Waals surface area (Å²) in [5.41, 5.74) is 0. The molecule has 0 heterocycles. The van der Waals surface area contributed by atoms with Gasteiger partial charge in [-0.2, -0.15) is 11.8 Å². The molecule has 0 aliphatic carbocycles. The molecule has 2 amide bonds. The highest BCUT2D eigenvalue weighted by atomic mass is 32.2. The number of carboxylic acids is 1. The first-order chi connectivity index (χ1) is 9.04. The fraction of sp³-hybridized carbons (Fsp3) is 0.846. The highest BCUT2D eigenvalue weighted by Gasteiger charge is 2.24. The zero-order valence-electron chi connectivity index (χ0n) is 12.1. The Labute approximate surface area is 120 Å². The fourth-order valence-electron chi connectivity index (χ4n) is 1.80. The first-order valence-corrected chi connectivity index (χ1v) is 8.16. The first kappa shape index (κ1) is 18.1. The summed E-state index contributed by atoms with van der Waals surface area (Å²) in [4.78, 5) is 23.9. The van der Waals surface area contributed by atoms with Crippen molar-refractivity contribution in [3.8, 4) is 0 Å². The minimum Gasteiger partial charge on any atom is -0.480 e. The monoisotopic (exact) mass is 290 g/mol. The zero-order valence-corrected chi connectivity index (χ0v) is 13.0. The molecule has 0 aliphatic rings. The van der Waals surface area contributed by atoms with Gasteiger partial charge in [-0.25, -0.2) is 9.59 Å². The lowest BCUT2D eigenvalue weighted by Gasteiger charge is -2.23. The van der Waals surface area contributed by atoms with Crippen LogP contribution in [0.3, 0.4) is 0 Å². The van der Waals surface area contributed by atoms with Crippen molar-refractivity contribution in [3.63, 3.8) is 0 Å². The molecule has 0 aromatic heterocycles. The van der Waals surface area contributed by atoms with Gasteiger partial charge in [0.05, 0.1) is 0 Å². The van der Waals surface area contributed by atoms with Gasteiger partial charge in [0.25, 0.3) is 0 Å². The third-order valence-corrected chi connectivity index (χ3v) is 3.71. The molecule has 0 radical (unpaired) electrons. The van der Waals surface area contributed by atoms with Crippen molar-refractivity contribution in [3.05, 3.63) is 0 Å². The van der Waals surface area contributed by atoms with Crippen molar-refractivity contribution in [1.29, 1.82) is 0 Å². The van der Waals surface area contributed by atoms with Crippen LogP contribution in [0.4, 0.5) is 4.79 Å². The third-order valence-electron chi connectivity index (χ3n) is 3.01. The second-order valence-electron chi connectivity index (χ2n) is 4.51. The van der Waals surface area contributed by atoms with Crippen LogP contribution in [0, 0.1) is 0 Å². The van der Waals surface area contributed by atoms with Gasteiger partial charge in [0.15, 0.2) is 0 Å². The molecule has 0 aliphatic heterocycles. The Balaban J connectivity index is 3.76. The van der Waals surface area contributed by atoms with Crippen LogP contribution in [0.1, 0.15) is 39.0 Å². The Bertz CT molecular complexity index is 275. The number of unbranched alkanes of at least 4 members (excludes halogenated alkanes) is 3. The molecule has 2 N–H and O–H groups in total. The van der Waals surface area contributed by atoms with Crippen LogP contribution in [-0.2, 0) is 4.79 Å². The van der Waals surface area contributed by atoms with Crippen molar-refractivity contribution < 1.29 is 14.7 Å². The second-order valence-corrected chi connectivity index (χ2v) is 5.50. The number of likely N-dealkylation sites (N-methyl/N-ethyl adjacent to an activating group) is 1. The zero-order chi connectivity index (χ0) is 14.7. The van der Waals surface area contributed by atoms with Gasteiger partial charge in [-0.05, 0) is 31.3 Å². The molecule has 0 fully saturated rings. The van der Waals surface area contributed by atoms with E-state index in [1.807, 2.05) is 11.8 Å². The molecule has 0 bridgehead atoms. The Morgan fingerprint density at radius 2 is 1.89 bits per heavy atom. The number of rotatable bonds is 10. The quantitative estimate of drug-likeness (QED) is 0.606. The molecule has 112 valence electrons. The van der Waals surface area contributed by atoms with Gasteiger partial charge in [0.2, 0.25) is 0 Å². The summed E-state index contributed by atoms with van der Waals surface area (Å²) >= 11 is 1.85. The van der Waals surface area contributed by atoms with Gasteiger partial charge in [-0.3, -0.25) is 0 Å². The Morgan fingerprint density at radius 1 is 1.26 bits per heavy atom. The number of hydrogen-bond donors (Lipinski definition) is 2. The lowest BCUT2D eigenvalue weighted by Crippen LogP contribution is -2.47. The molecule has 1 unspecified atom stereocenters.